The Hall–Kier alpha value is -0.830. The molecule has 1 aliphatic carbocycles. The maximum atomic E-state index is 4.49. The highest BCUT2D eigenvalue weighted by Gasteiger charge is 2.23. The molecule has 19 heavy (non-hydrogen) atoms. The minimum atomic E-state index is 0.725. The van der Waals surface area contributed by atoms with Crippen LogP contribution in [0.25, 0.3) is 0 Å². The molecule has 0 radical (unpaired) electrons. The van der Waals surface area contributed by atoms with E-state index in [0.717, 1.165) is 30.8 Å². The first-order valence-corrected chi connectivity index (χ1v) is 7.71. The van der Waals surface area contributed by atoms with E-state index in [-0.39, 0.29) is 0 Å². The highest BCUT2D eigenvalue weighted by atomic mass is 15.3. The molecule has 0 amide bonds. The lowest BCUT2D eigenvalue weighted by Crippen LogP contribution is -2.37. The molecule has 108 valence electrons. The van der Waals surface area contributed by atoms with Crippen LogP contribution in [-0.2, 0) is 13.5 Å². The lowest BCUT2D eigenvalue weighted by atomic mass is 9.79. The van der Waals surface area contributed by atoms with Crippen molar-refractivity contribution in [2.75, 3.05) is 6.54 Å². The van der Waals surface area contributed by atoms with E-state index in [2.05, 4.69) is 38.1 Å². The first-order chi connectivity index (χ1) is 8.99. The fourth-order valence-electron chi connectivity index (χ4n) is 3.31. The molecule has 3 atom stereocenters. The Bertz CT molecular complexity index is 422. The summed E-state index contributed by atoms with van der Waals surface area (Å²) in [6, 6.07) is 0.725. The summed E-state index contributed by atoms with van der Waals surface area (Å²) in [7, 11) is 2.03. The van der Waals surface area contributed by atoms with Gasteiger partial charge >= 0.3 is 0 Å². The van der Waals surface area contributed by atoms with Crippen LogP contribution in [-0.4, -0.2) is 22.4 Å². The molecule has 0 saturated heterocycles. The Morgan fingerprint density at radius 3 is 2.53 bits per heavy atom. The van der Waals surface area contributed by atoms with E-state index in [9.17, 15) is 0 Å². The highest BCUT2D eigenvalue weighted by Crippen LogP contribution is 2.29. The van der Waals surface area contributed by atoms with Crippen LogP contribution in [0.2, 0.25) is 0 Å². The Balaban J connectivity index is 1.81. The third kappa shape index (κ3) is 3.38. The largest absolute Gasteiger partial charge is 0.314 e. The van der Waals surface area contributed by atoms with Crippen LogP contribution in [0, 0.1) is 25.7 Å². The number of aryl methyl sites for hydroxylation is 2. The Morgan fingerprint density at radius 2 is 1.95 bits per heavy atom. The lowest BCUT2D eigenvalue weighted by molar-refractivity contribution is 0.227. The predicted octanol–water partition coefficient (Wildman–Crippen LogP) is 2.99. The van der Waals surface area contributed by atoms with Gasteiger partial charge in [0.25, 0.3) is 0 Å². The molecule has 2 rings (SSSR count). The van der Waals surface area contributed by atoms with Crippen molar-refractivity contribution in [3.05, 3.63) is 17.0 Å². The minimum Gasteiger partial charge on any atom is -0.314 e. The molecular formula is C16H29N3. The van der Waals surface area contributed by atoms with Crippen molar-refractivity contribution >= 4 is 0 Å². The van der Waals surface area contributed by atoms with E-state index in [4.69, 9.17) is 0 Å². The van der Waals surface area contributed by atoms with Gasteiger partial charge in [-0.05, 0) is 63.5 Å². The van der Waals surface area contributed by atoms with Crippen molar-refractivity contribution in [3.63, 3.8) is 0 Å². The smallest absolute Gasteiger partial charge is 0.0628 e. The molecule has 0 bridgehead atoms. The molecule has 3 heteroatoms. The summed E-state index contributed by atoms with van der Waals surface area (Å²) in [4.78, 5) is 0. The van der Waals surface area contributed by atoms with E-state index in [1.807, 2.05) is 11.7 Å². The van der Waals surface area contributed by atoms with Crippen molar-refractivity contribution in [2.24, 2.45) is 18.9 Å². The van der Waals surface area contributed by atoms with E-state index in [1.54, 1.807) is 0 Å². The molecule has 1 N–H and O–H groups in total. The molecular weight excluding hydrogens is 234 g/mol. The molecule has 0 aliphatic heterocycles. The number of hydrogen-bond donors (Lipinski definition) is 1. The number of rotatable bonds is 4. The number of nitrogens with one attached hydrogen (secondary N) is 1. The van der Waals surface area contributed by atoms with Gasteiger partial charge in [0.05, 0.1) is 5.69 Å². The quantitative estimate of drug-likeness (QED) is 0.905. The summed E-state index contributed by atoms with van der Waals surface area (Å²) < 4.78 is 2.00. The topological polar surface area (TPSA) is 29.9 Å². The Morgan fingerprint density at radius 1 is 1.21 bits per heavy atom. The van der Waals surface area contributed by atoms with Crippen LogP contribution in [0.5, 0.6) is 0 Å². The van der Waals surface area contributed by atoms with Crippen molar-refractivity contribution in [1.29, 1.82) is 0 Å². The number of nitrogens with zero attached hydrogens (tertiary/aromatic N) is 2. The monoisotopic (exact) mass is 263 g/mol. The third-order valence-electron chi connectivity index (χ3n) is 5.07. The average molecular weight is 263 g/mol. The molecule has 1 fully saturated rings. The van der Waals surface area contributed by atoms with Crippen LogP contribution in [0.3, 0.4) is 0 Å². The molecule has 3 nitrogen and oxygen atoms in total. The zero-order chi connectivity index (χ0) is 14.0. The standard InChI is InChI=1S/C16H29N3/c1-11-6-7-15(10-12(11)2)17-9-8-16-13(3)18-19(5)14(16)4/h11-12,15,17H,6-10H2,1-5H3/t11-,12+,15+/m0/s1. The Labute approximate surface area is 117 Å². The Kier molecular flexibility index (Phi) is 4.67. The van der Waals surface area contributed by atoms with Crippen LogP contribution in [0.4, 0.5) is 0 Å². The van der Waals surface area contributed by atoms with Crippen LogP contribution in [0.1, 0.15) is 50.1 Å². The fourth-order valence-corrected chi connectivity index (χ4v) is 3.31. The van der Waals surface area contributed by atoms with Gasteiger partial charge in [-0.15, -0.1) is 0 Å². The third-order valence-corrected chi connectivity index (χ3v) is 5.07. The maximum absolute atomic E-state index is 4.49. The summed E-state index contributed by atoms with van der Waals surface area (Å²) >= 11 is 0. The second-order valence-corrected chi connectivity index (χ2v) is 6.44. The average Bonchev–Trinajstić information content (AvgIpc) is 2.60. The molecule has 0 spiro atoms. The molecule has 1 aromatic heterocycles. The summed E-state index contributed by atoms with van der Waals surface area (Å²) in [5.41, 5.74) is 3.92. The second kappa shape index (κ2) is 6.08. The lowest BCUT2D eigenvalue weighted by Gasteiger charge is -2.32. The normalized spacial score (nSPS) is 27.7. The maximum Gasteiger partial charge on any atom is 0.0628 e. The molecule has 1 aliphatic rings. The molecule has 1 aromatic rings. The van der Waals surface area contributed by atoms with E-state index < -0.39 is 0 Å². The number of hydrogen-bond acceptors (Lipinski definition) is 2. The molecule has 0 unspecified atom stereocenters. The first kappa shape index (κ1) is 14.6. The molecule has 0 aromatic carbocycles. The van der Waals surface area contributed by atoms with Crippen molar-refractivity contribution in [3.8, 4) is 0 Å². The second-order valence-electron chi connectivity index (χ2n) is 6.44. The zero-order valence-electron chi connectivity index (χ0n) is 13.2. The van der Waals surface area contributed by atoms with Gasteiger partial charge in [-0.2, -0.15) is 5.10 Å². The van der Waals surface area contributed by atoms with E-state index >= 15 is 0 Å². The van der Waals surface area contributed by atoms with Gasteiger partial charge in [-0.3, -0.25) is 4.68 Å². The summed E-state index contributed by atoms with van der Waals surface area (Å²) in [6.45, 7) is 10.2. The van der Waals surface area contributed by atoms with Crippen LogP contribution < -0.4 is 5.32 Å². The first-order valence-electron chi connectivity index (χ1n) is 7.71. The number of aromatic nitrogens is 2. The SMILES string of the molecule is Cc1nn(C)c(C)c1CCN[C@@H]1CC[C@H](C)[C@H](C)C1. The van der Waals surface area contributed by atoms with Crippen LogP contribution in [0.15, 0.2) is 0 Å². The van der Waals surface area contributed by atoms with Gasteiger partial charge in [0.15, 0.2) is 0 Å². The van der Waals surface area contributed by atoms with Crippen molar-refractivity contribution in [2.45, 2.75) is 59.4 Å². The highest BCUT2D eigenvalue weighted by molar-refractivity contribution is 5.24. The summed E-state index contributed by atoms with van der Waals surface area (Å²) in [5, 5.41) is 8.23. The van der Waals surface area contributed by atoms with E-state index in [1.165, 1.54) is 36.2 Å². The molecule has 1 heterocycles. The van der Waals surface area contributed by atoms with E-state index in [0.29, 0.717) is 0 Å². The van der Waals surface area contributed by atoms with Crippen molar-refractivity contribution < 1.29 is 0 Å². The van der Waals surface area contributed by atoms with Gasteiger partial charge < -0.3 is 5.32 Å². The van der Waals surface area contributed by atoms with Gasteiger partial charge in [0.1, 0.15) is 0 Å². The van der Waals surface area contributed by atoms with Gasteiger partial charge in [0.2, 0.25) is 0 Å². The summed E-state index contributed by atoms with van der Waals surface area (Å²) in [6.07, 6.45) is 5.17. The predicted molar refractivity (Wildman–Crippen MR) is 80.4 cm³/mol. The van der Waals surface area contributed by atoms with Crippen molar-refractivity contribution in [1.82, 2.24) is 15.1 Å². The van der Waals surface area contributed by atoms with Crippen LogP contribution >= 0.6 is 0 Å². The van der Waals surface area contributed by atoms with Gasteiger partial charge in [0, 0.05) is 18.8 Å². The summed E-state index contributed by atoms with van der Waals surface area (Å²) in [5.74, 6) is 1.77. The fraction of sp³-hybridized carbons (Fsp3) is 0.812. The zero-order valence-corrected chi connectivity index (χ0v) is 13.2. The van der Waals surface area contributed by atoms with Gasteiger partial charge in [-0.25, -0.2) is 0 Å². The minimum absolute atomic E-state index is 0.725. The molecule has 1 saturated carbocycles. The van der Waals surface area contributed by atoms with Gasteiger partial charge in [-0.1, -0.05) is 13.8 Å².